The minimum atomic E-state index is 0.489. The minimum absolute atomic E-state index is 0.489. The molecule has 0 spiro atoms. The summed E-state index contributed by atoms with van der Waals surface area (Å²) >= 11 is 4.09. The number of benzene rings is 2. The third-order valence-electron chi connectivity index (χ3n) is 4.14. The van der Waals surface area contributed by atoms with Crippen LogP contribution in [0.5, 0.6) is 5.75 Å². The largest absolute Gasteiger partial charge is 0.487 e. The summed E-state index contributed by atoms with van der Waals surface area (Å²) in [5, 5.41) is 1.16. The van der Waals surface area contributed by atoms with E-state index in [1.54, 1.807) is 0 Å². The van der Waals surface area contributed by atoms with E-state index in [4.69, 9.17) is 4.74 Å². The molecule has 0 N–H and O–H groups in total. The molecule has 0 saturated heterocycles. The second-order valence-corrected chi connectivity index (χ2v) is 9.15. The molecule has 0 fully saturated rings. The number of para-hydroxylation sites is 1. The van der Waals surface area contributed by atoms with E-state index in [-0.39, 0.29) is 0 Å². The van der Waals surface area contributed by atoms with Crippen LogP contribution in [0.1, 0.15) is 42.5 Å². The quantitative estimate of drug-likeness (QED) is 0.340. The Morgan fingerprint density at radius 3 is 2.26 bits per heavy atom. The topological polar surface area (TPSA) is 22.1 Å². The standard InChI is InChI=1S/C23H27NOS2/c1-3-15-26-23(27-16-4-2)19-10-13-21(14-11-19)25-17-20-12-9-18-7-5-6-8-22(18)24-20/h5-14,23H,3-4,15-17H2,1-2H3. The number of pyridine rings is 1. The summed E-state index contributed by atoms with van der Waals surface area (Å²) in [7, 11) is 0. The Labute approximate surface area is 171 Å². The zero-order valence-electron chi connectivity index (χ0n) is 16.1. The molecule has 0 atom stereocenters. The molecule has 0 aliphatic rings. The molecule has 0 saturated carbocycles. The number of nitrogens with zero attached hydrogens (tertiary/aromatic N) is 1. The fourth-order valence-electron chi connectivity index (χ4n) is 2.76. The molecule has 0 unspecified atom stereocenters. The predicted molar refractivity (Wildman–Crippen MR) is 121 cm³/mol. The fourth-order valence-corrected chi connectivity index (χ4v) is 5.32. The van der Waals surface area contributed by atoms with Crippen molar-refractivity contribution in [1.82, 2.24) is 4.98 Å². The molecular weight excluding hydrogens is 370 g/mol. The highest BCUT2D eigenvalue weighted by atomic mass is 32.2. The second-order valence-electron chi connectivity index (χ2n) is 6.43. The van der Waals surface area contributed by atoms with E-state index in [2.05, 4.69) is 55.2 Å². The maximum atomic E-state index is 5.96. The zero-order valence-corrected chi connectivity index (χ0v) is 17.7. The van der Waals surface area contributed by atoms with Crippen LogP contribution in [0.3, 0.4) is 0 Å². The summed E-state index contributed by atoms with van der Waals surface area (Å²) in [6, 6.07) is 20.9. The Morgan fingerprint density at radius 1 is 0.852 bits per heavy atom. The van der Waals surface area contributed by atoms with Gasteiger partial charge in [-0.15, -0.1) is 23.5 Å². The molecule has 3 aromatic rings. The van der Waals surface area contributed by atoms with Gasteiger partial charge in [0, 0.05) is 5.39 Å². The number of fused-ring (bicyclic) bond motifs is 1. The van der Waals surface area contributed by atoms with Crippen LogP contribution in [-0.2, 0) is 6.61 Å². The van der Waals surface area contributed by atoms with Crippen molar-refractivity contribution < 1.29 is 4.74 Å². The lowest BCUT2D eigenvalue weighted by molar-refractivity contribution is 0.302. The van der Waals surface area contributed by atoms with Gasteiger partial charge in [0.2, 0.25) is 0 Å². The van der Waals surface area contributed by atoms with Crippen molar-refractivity contribution in [1.29, 1.82) is 0 Å². The molecule has 1 aromatic heterocycles. The molecule has 2 nitrogen and oxygen atoms in total. The molecule has 1 heterocycles. The average molecular weight is 398 g/mol. The monoisotopic (exact) mass is 397 g/mol. The Balaban J connectivity index is 1.61. The highest BCUT2D eigenvalue weighted by Crippen LogP contribution is 2.40. The molecule has 142 valence electrons. The predicted octanol–water partition coefficient (Wildman–Crippen LogP) is 7.10. The van der Waals surface area contributed by atoms with Gasteiger partial charge < -0.3 is 4.74 Å². The van der Waals surface area contributed by atoms with Gasteiger partial charge in [-0.2, -0.15) is 0 Å². The molecule has 0 aliphatic heterocycles. The van der Waals surface area contributed by atoms with E-state index in [0.717, 1.165) is 22.3 Å². The SMILES string of the molecule is CCCSC(SCCC)c1ccc(OCc2ccc3ccccc3n2)cc1. The van der Waals surface area contributed by atoms with Crippen LogP contribution in [0.15, 0.2) is 60.7 Å². The first kappa shape index (κ1) is 20.1. The van der Waals surface area contributed by atoms with Gasteiger partial charge in [0.15, 0.2) is 0 Å². The van der Waals surface area contributed by atoms with E-state index >= 15 is 0 Å². The molecule has 0 amide bonds. The van der Waals surface area contributed by atoms with Crippen LogP contribution in [-0.4, -0.2) is 16.5 Å². The van der Waals surface area contributed by atoms with Crippen molar-refractivity contribution in [3.8, 4) is 5.75 Å². The van der Waals surface area contributed by atoms with Crippen LogP contribution in [0.2, 0.25) is 0 Å². The molecule has 0 aliphatic carbocycles. The molecule has 0 bridgehead atoms. The van der Waals surface area contributed by atoms with Crippen molar-refractivity contribution in [2.75, 3.05) is 11.5 Å². The normalized spacial score (nSPS) is 11.2. The van der Waals surface area contributed by atoms with Crippen molar-refractivity contribution in [2.24, 2.45) is 0 Å². The van der Waals surface area contributed by atoms with Gasteiger partial charge in [-0.3, -0.25) is 0 Å². The summed E-state index contributed by atoms with van der Waals surface area (Å²) < 4.78 is 6.48. The number of hydrogen-bond acceptors (Lipinski definition) is 4. The summed E-state index contributed by atoms with van der Waals surface area (Å²) in [5.41, 5.74) is 3.34. The second kappa shape index (κ2) is 10.6. The molecular formula is C23H27NOS2. The Kier molecular flexibility index (Phi) is 7.91. The Hall–Kier alpha value is -1.65. The van der Waals surface area contributed by atoms with Gasteiger partial charge in [-0.05, 0) is 54.2 Å². The van der Waals surface area contributed by atoms with Crippen LogP contribution < -0.4 is 4.74 Å². The van der Waals surface area contributed by atoms with Gasteiger partial charge in [0.1, 0.15) is 12.4 Å². The van der Waals surface area contributed by atoms with Gasteiger partial charge in [0.05, 0.1) is 15.8 Å². The van der Waals surface area contributed by atoms with E-state index in [1.807, 2.05) is 47.8 Å². The van der Waals surface area contributed by atoms with Gasteiger partial charge in [-0.25, -0.2) is 4.98 Å². The molecule has 27 heavy (non-hydrogen) atoms. The van der Waals surface area contributed by atoms with E-state index < -0.39 is 0 Å². The summed E-state index contributed by atoms with van der Waals surface area (Å²) in [6.45, 7) is 4.97. The average Bonchev–Trinajstić information content (AvgIpc) is 2.73. The van der Waals surface area contributed by atoms with Gasteiger partial charge in [0.25, 0.3) is 0 Å². The Bertz CT molecular complexity index is 827. The first-order valence-corrected chi connectivity index (χ1v) is 11.7. The van der Waals surface area contributed by atoms with Crippen molar-refractivity contribution >= 4 is 34.4 Å². The van der Waals surface area contributed by atoms with Crippen LogP contribution in [0.25, 0.3) is 10.9 Å². The zero-order chi connectivity index (χ0) is 18.9. The van der Waals surface area contributed by atoms with Gasteiger partial charge in [-0.1, -0.05) is 50.2 Å². The minimum Gasteiger partial charge on any atom is -0.487 e. The molecule has 0 radical (unpaired) electrons. The molecule has 4 heteroatoms. The van der Waals surface area contributed by atoms with Crippen molar-refractivity contribution in [3.63, 3.8) is 0 Å². The van der Waals surface area contributed by atoms with E-state index in [0.29, 0.717) is 11.2 Å². The number of aromatic nitrogens is 1. The highest BCUT2D eigenvalue weighted by Gasteiger charge is 2.12. The molecule has 3 rings (SSSR count). The number of thioether (sulfide) groups is 2. The lowest BCUT2D eigenvalue weighted by Gasteiger charge is -2.16. The lowest BCUT2D eigenvalue weighted by atomic mass is 10.2. The van der Waals surface area contributed by atoms with Crippen molar-refractivity contribution in [2.45, 2.75) is 37.9 Å². The van der Waals surface area contributed by atoms with Gasteiger partial charge >= 0.3 is 0 Å². The first-order chi connectivity index (χ1) is 13.3. The fraction of sp³-hybridized carbons (Fsp3) is 0.348. The van der Waals surface area contributed by atoms with Crippen molar-refractivity contribution in [3.05, 3.63) is 71.9 Å². The summed E-state index contributed by atoms with van der Waals surface area (Å²) in [6.07, 6.45) is 2.43. The maximum absolute atomic E-state index is 5.96. The lowest BCUT2D eigenvalue weighted by Crippen LogP contribution is -1.99. The Morgan fingerprint density at radius 2 is 1.56 bits per heavy atom. The number of rotatable bonds is 10. The summed E-state index contributed by atoms with van der Waals surface area (Å²) in [5.74, 6) is 3.30. The smallest absolute Gasteiger partial charge is 0.130 e. The van der Waals surface area contributed by atoms with Crippen LogP contribution in [0.4, 0.5) is 0 Å². The third-order valence-corrected chi connectivity index (χ3v) is 7.40. The number of ether oxygens (including phenoxy) is 1. The number of hydrogen-bond donors (Lipinski definition) is 0. The third kappa shape index (κ3) is 5.91. The maximum Gasteiger partial charge on any atom is 0.130 e. The van der Waals surface area contributed by atoms with Crippen LogP contribution in [0, 0.1) is 0 Å². The van der Waals surface area contributed by atoms with E-state index in [1.165, 1.54) is 29.9 Å². The highest BCUT2D eigenvalue weighted by molar-refractivity contribution is 8.16. The summed E-state index contributed by atoms with van der Waals surface area (Å²) in [4.78, 5) is 4.67. The first-order valence-electron chi connectivity index (χ1n) is 9.60. The van der Waals surface area contributed by atoms with E-state index in [9.17, 15) is 0 Å². The van der Waals surface area contributed by atoms with Crippen LogP contribution >= 0.6 is 23.5 Å². The molecule has 2 aromatic carbocycles.